The number of hydrogen-bond acceptors (Lipinski definition) is 7. The summed E-state index contributed by atoms with van der Waals surface area (Å²) < 4.78 is 8.99. The second kappa shape index (κ2) is 8.33. The van der Waals surface area contributed by atoms with E-state index in [0.717, 1.165) is 44.6 Å². The van der Waals surface area contributed by atoms with E-state index >= 15 is 0 Å². The van der Waals surface area contributed by atoms with E-state index in [1.165, 1.54) is 0 Å². The normalized spacial score (nSPS) is 11.7. The molecular weight excluding hydrogens is 428 g/mol. The first-order chi connectivity index (χ1) is 16.5. The molecule has 0 bridgehead atoms. The standard InChI is InChI=1S/C25H22N8O/c1-31(2)22-9-6-17(12-28-22)16-5-8-20-19(11-16)24-21(14-27-20)32(3)25(30-15-26)33(24)18-7-10-23(34-4)29-13-18/h5-14H,1-4H3/b30-25-. The largest absolute Gasteiger partial charge is 0.481 e. The number of ether oxygens (including phenoxy) is 1. The van der Waals surface area contributed by atoms with E-state index in [9.17, 15) is 5.26 Å². The number of hydrogen-bond donors (Lipinski definition) is 0. The minimum atomic E-state index is 0.473. The average molecular weight is 451 g/mol. The zero-order valence-corrected chi connectivity index (χ0v) is 19.3. The lowest BCUT2D eigenvalue weighted by molar-refractivity contribution is 0.398. The highest BCUT2D eigenvalue weighted by Crippen LogP contribution is 2.30. The van der Waals surface area contributed by atoms with Gasteiger partial charge in [-0.15, -0.1) is 4.99 Å². The van der Waals surface area contributed by atoms with Crippen molar-refractivity contribution in [3.8, 4) is 28.9 Å². The number of benzene rings is 1. The number of pyridine rings is 3. The summed E-state index contributed by atoms with van der Waals surface area (Å²) in [7, 11) is 7.37. The van der Waals surface area contributed by atoms with Crippen LogP contribution < -0.4 is 15.3 Å². The third-order valence-corrected chi connectivity index (χ3v) is 5.78. The van der Waals surface area contributed by atoms with Gasteiger partial charge in [0.05, 0.1) is 41.7 Å². The molecule has 0 aliphatic carbocycles. The number of fused-ring (bicyclic) bond motifs is 3. The quantitative estimate of drug-likeness (QED) is 0.389. The molecule has 5 rings (SSSR count). The Kier molecular flexibility index (Phi) is 5.18. The first-order valence-corrected chi connectivity index (χ1v) is 10.6. The smallest absolute Gasteiger partial charge is 0.226 e. The molecule has 0 aliphatic rings. The van der Waals surface area contributed by atoms with Crippen molar-refractivity contribution in [2.45, 2.75) is 0 Å². The van der Waals surface area contributed by atoms with Gasteiger partial charge in [-0.3, -0.25) is 9.55 Å². The molecule has 168 valence electrons. The summed E-state index contributed by atoms with van der Waals surface area (Å²) in [5.74, 6) is 1.40. The molecule has 0 saturated carbocycles. The van der Waals surface area contributed by atoms with Crippen molar-refractivity contribution < 1.29 is 4.74 Å². The van der Waals surface area contributed by atoms with Crippen LogP contribution in [0.2, 0.25) is 0 Å². The van der Waals surface area contributed by atoms with E-state index in [1.807, 2.05) is 71.8 Å². The first kappa shape index (κ1) is 21.2. The van der Waals surface area contributed by atoms with Gasteiger partial charge in [0, 0.05) is 44.4 Å². The van der Waals surface area contributed by atoms with Gasteiger partial charge >= 0.3 is 0 Å². The molecule has 4 aromatic heterocycles. The summed E-state index contributed by atoms with van der Waals surface area (Å²) in [5.41, 5.74) is 5.81. The monoisotopic (exact) mass is 450 g/mol. The fourth-order valence-electron chi connectivity index (χ4n) is 4.05. The molecule has 0 atom stereocenters. The fourth-order valence-corrected chi connectivity index (χ4v) is 4.05. The van der Waals surface area contributed by atoms with Crippen molar-refractivity contribution in [3.05, 3.63) is 66.7 Å². The van der Waals surface area contributed by atoms with Crippen molar-refractivity contribution in [1.82, 2.24) is 24.1 Å². The SMILES string of the molecule is COc1ccc(-n2/c(=N\C#N)n(C)c3cnc4ccc(-c5ccc(N(C)C)nc5)cc4c32)cn1. The number of rotatable bonds is 4. The lowest BCUT2D eigenvalue weighted by Crippen LogP contribution is -2.22. The molecule has 0 radical (unpaired) electrons. The maximum Gasteiger partial charge on any atom is 0.226 e. The van der Waals surface area contributed by atoms with Crippen LogP contribution in [0, 0.1) is 11.5 Å². The molecular formula is C25H22N8O. The summed E-state index contributed by atoms with van der Waals surface area (Å²) in [6.45, 7) is 0. The third kappa shape index (κ3) is 3.42. The van der Waals surface area contributed by atoms with Crippen molar-refractivity contribution >= 4 is 27.8 Å². The van der Waals surface area contributed by atoms with E-state index < -0.39 is 0 Å². The van der Waals surface area contributed by atoms with Crippen molar-refractivity contribution in [3.63, 3.8) is 0 Å². The number of nitrogens with zero attached hydrogens (tertiary/aromatic N) is 8. The van der Waals surface area contributed by atoms with Crippen LogP contribution in [-0.2, 0) is 7.05 Å². The van der Waals surface area contributed by atoms with Crippen LogP contribution in [0.15, 0.2) is 66.0 Å². The van der Waals surface area contributed by atoms with Gasteiger partial charge in [0.1, 0.15) is 5.82 Å². The van der Waals surface area contributed by atoms with Crippen LogP contribution in [-0.4, -0.2) is 45.3 Å². The Morgan fingerprint density at radius 3 is 2.44 bits per heavy atom. The lowest BCUT2D eigenvalue weighted by atomic mass is 10.0. The van der Waals surface area contributed by atoms with E-state index in [2.05, 4.69) is 32.1 Å². The number of methoxy groups -OCH3 is 1. The van der Waals surface area contributed by atoms with E-state index in [1.54, 1.807) is 25.6 Å². The van der Waals surface area contributed by atoms with Crippen LogP contribution >= 0.6 is 0 Å². The van der Waals surface area contributed by atoms with E-state index in [0.29, 0.717) is 11.5 Å². The molecule has 0 unspecified atom stereocenters. The zero-order chi connectivity index (χ0) is 23.8. The highest BCUT2D eigenvalue weighted by Gasteiger charge is 2.16. The zero-order valence-electron chi connectivity index (χ0n) is 19.3. The molecule has 9 heteroatoms. The van der Waals surface area contributed by atoms with Gasteiger partial charge in [0.2, 0.25) is 17.7 Å². The van der Waals surface area contributed by atoms with Crippen LogP contribution in [0.25, 0.3) is 38.8 Å². The first-order valence-electron chi connectivity index (χ1n) is 10.6. The van der Waals surface area contributed by atoms with Crippen LogP contribution in [0.1, 0.15) is 0 Å². The molecule has 5 aromatic rings. The van der Waals surface area contributed by atoms with Gasteiger partial charge in [0.25, 0.3) is 0 Å². The Balaban J connectivity index is 1.82. The van der Waals surface area contributed by atoms with Gasteiger partial charge in [0.15, 0.2) is 0 Å². The molecule has 0 fully saturated rings. The Morgan fingerprint density at radius 2 is 1.79 bits per heavy atom. The predicted octanol–water partition coefficient (Wildman–Crippen LogP) is 3.43. The predicted molar refractivity (Wildman–Crippen MR) is 131 cm³/mol. The summed E-state index contributed by atoms with van der Waals surface area (Å²) in [5, 5.41) is 10.3. The van der Waals surface area contributed by atoms with Crippen LogP contribution in [0.3, 0.4) is 0 Å². The Labute approximate surface area is 195 Å². The van der Waals surface area contributed by atoms with Gasteiger partial charge in [-0.2, -0.15) is 5.26 Å². The number of aromatic nitrogens is 5. The van der Waals surface area contributed by atoms with E-state index in [4.69, 9.17) is 4.74 Å². The summed E-state index contributed by atoms with van der Waals surface area (Å²) >= 11 is 0. The second-order valence-electron chi connectivity index (χ2n) is 7.99. The van der Waals surface area contributed by atoms with Gasteiger partial charge in [-0.25, -0.2) is 9.97 Å². The molecule has 0 spiro atoms. The number of nitriles is 1. The van der Waals surface area contributed by atoms with Gasteiger partial charge < -0.3 is 14.2 Å². The summed E-state index contributed by atoms with van der Waals surface area (Å²) in [6.07, 6.45) is 7.30. The maximum absolute atomic E-state index is 9.39. The minimum Gasteiger partial charge on any atom is -0.481 e. The molecule has 0 amide bonds. The lowest BCUT2D eigenvalue weighted by Gasteiger charge is -2.12. The highest BCUT2D eigenvalue weighted by atomic mass is 16.5. The number of anilines is 1. The Bertz CT molecular complexity index is 1620. The number of imidazole rings is 1. The topological polar surface area (TPSA) is 97.1 Å². The van der Waals surface area contributed by atoms with Gasteiger partial charge in [-0.1, -0.05) is 6.07 Å². The third-order valence-electron chi connectivity index (χ3n) is 5.78. The van der Waals surface area contributed by atoms with Gasteiger partial charge in [-0.05, 0) is 35.9 Å². The van der Waals surface area contributed by atoms with Crippen molar-refractivity contribution in [1.29, 1.82) is 5.26 Å². The Hall–Kier alpha value is -4.71. The molecule has 4 heterocycles. The highest BCUT2D eigenvalue weighted by molar-refractivity contribution is 6.04. The van der Waals surface area contributed by atoms with E-state index in [-0.39, 0.29) is 0 Å². The summed E-state index contributed by atoms with van der Waals surface area (Å²) in [4.78, 5) is 19.6. The minimum absolute atomic E-state index is 0.473. The molecule has 1 aromatic carbocycles. The molecule has 0 saturated heterocycles. The number of aryl methyl sites for hydroxylation is 1. The van der Waals surface area contributed by atoms with Crippen LogP contribution in [0.4, 0.5) is 5.82 Å². The Morgan fingerprint density at radius 1 is 0.971 bits per heavy atom. The van der Waals surface area contributed by atoms with Crippen molar-refractivity contribution in [2.24, 2.45) is 12.0 Å². The fraction of sp³-hybridized carbons (Fsp3) is 0.160. The average Bonchev–Trinajstić information content (AvgIpc) is 3.16. The molecule has 0 aliphatic heterocycles. The van der Waals surface area contributed by atoms with Crippen LogP contribution in [0.5, 0.6) is 5.88 Å². The molecule has 9 nitrogen and oxygen atoms in total. The maximum atomic E-state index is 9.39. The van der Waals surface area contributed by atoms with Crippen molar-refractivity contribution in [2.75, 3.05) is 26.1 Å². The second-order valence-corrected chi connectivity index (χ2v) is 7.99. The molecule has 0 N–H and O–H groups in total. The molecule has 34 heavy (non-hydrogen) atoms. The summed E-state index contributed by atoms with van der Waals surface area (Å²) in [6, 6.07) is 13.9.